The topological polar surface area (TPSA) is 89.3 Å². The number of benzene rings is 2. The molecule has 1 atom stereocenters. The highest BCUT2D eigenvalue weighted by molar-refractivity contribution is 6.37. The number of ether oxygens (including phenoxy) is 1. The minimum atomic E-state index is -0.889. The highest BCUT2D eigenvalue weighted by Crippen LogP contribution is 2.28. The number of para-hydroxylation sites is 1. The molecule has 3 rings (SSSR count). The zero-order valence-corrected chi connectivity index (χ0v) is 18.1. The van der Waals surface area contributed by atoms with Crippen LogP contribution in [0.3, 0.4) is 0 Å². The fourth-order valence-corrected chi connectivity index (χ4v) is 3.34. The minimum absolute atomic E-state index is 0.00645. The summed E-state index contributed by atoms with van der Waals surface area (Å²) in [6.45, 7) is 3.88. The number of hydrogen-bond acceptors (Lipinski definition) is 5. The fraction of sp³-hybridized carbons (Fsp3) is 0.286. The number of nitrogens with one attached hydrogen (secondary N) is 1. The summed E-state index contributed by atoms with van der Waals surface area (Å²) in [6, 6.07) is 12.6. The van der Waals surface area contributed by atoms with Gasteiger partial charge in [-0.3, -0.25) is 4.79 Å². The molecule has 0 aliphatic rings. The number of aryl methyl sites for hydroxylation is 2. The molecule has 1 heterocycles. The lowest BCUT2D eigenvalue weighted by molar-refractivity contribution is 0.0835. The van der Waals surface area contributed by atoms with Gasteiger partial charge in [0.1, 0.15) is 30.0 Å². The first-order valence-electron chi connectivity index (χ1n) is 9.45. The number of nitrogens with zero attached hydrogens (tertiary/aromatic N) is 3. The van der Waals surface area contributed by atoms with Gasteiger partial charge >= 0.3 is 0 Å². The number of rotatable bonds is 8. The summed E-state index contributed by atoms with van der Waals surface area (Å²) in [5.74, 6) is 0.652. The van der Waals surface area contributed by atoms with E-state index < -0.39 is 12.0 Å². The van der Waals surface area contributed by atoms with Crippen LogP contribution < -0.4 is 10.1 Å². The van der Waals surface area contributed by atoms with E-state index in [4.69, 9.17) is 27.9 Å². The first-order chi connectivity index (χ1) is 14.4. The minimum Gasteiger partial charge on any atom is -0.491 e. The van der Waals surface area contributed by atoms with Gasteiger partial charge in [-0.1, -0.05) is 48.3 Å². The standard InChI is InChI=1S/C21H22Cl2N4O3/c1-3-18-25-20(26-27(18)19-16(22)8-5-9-17(19)23)21(29)24-11-14(28)12-30-15-7-4-6-13(2)10-15/h4-10,14,28H,3,11-12H2,1-2H3,(H,24,29). The number of carbonyl (C=O) groups is 1. The summed E-state index contributed by atoms with van der Waals surface area (Å²) in [5.41, 5.74) is 1.53. The maximum Gasteiger partial charge on any atom is 0.291 e. The Balaban J connectivity index is 1.64. The van der Waals surface area contributed by atoms with E-state index in [0.29, 0.717) is 33.7 Å². The van der Waals surface area contributed by atoms with Gasteiger partial charge in [-0.05, 0) is 36.8 Å². The number of carbonyl (C=O) groups excluding carboxylic acids is 1. The molecular weight excluding hydrogens is 427 g/mol. The normalized spacial score (nSPS) is 11.9. The van der Waals surface area contributed by atoms with Crippen molar-refractivity contribution in [3.8, 4) is 11.4 Å². The molecule has 1 aromatic heterocycles. The molecule has 0 saturated carbocycles. The van der Waals surface area contributed by atoms with Crippen molar-refractivity contribution in [3.05, 3.63) is 69.7 Å². The van der Waals surface area contributed by atoms with Crippen LogP contribution in [0, 0.1) is 6.92 Å². The third-order valence-corrected chi connectivity index (χ3v) is 4.88. The molecule has 2 N–H and O–H groups in total. The van der Waals surface area contributed by atoms with E-state index in [1.165, 1.54) is 4.68 Å². The lowest BCUT2D eigenvalue weighted by Crippen LogP contribution is -2.35. The van der Waals surface area contributed by atoms with Crippen LogP contribution in [-0.2, 0) is 6.42 Å². The van der Waals surface area contributed by atoms with Crippen molar-refractivity contribution < 1.29 is 14.6 Å². The molecule has 0 aliphatic heterocycles. The zero-order chi connectivity index (χ0) is 21.7. The van der Waals surface area contributed by atoms with E-state index in [1.54, 1.807) is 24.3 Å². The monoisotopic (exact) mass is 448 g/mol. The Kier molecular flexibility index (Phi) is 7.31. The molecule has 0 aliphatic carbocycles. The average molecular weight is 449 g/mol. The smallest absolute Gasteiger partial charge is 0.291 e. The van der Waals surface area contributed by atoms with Gasteiger partial charge in [0.15, 0.2) is 0 Å². The highest BCUT2D eigenvalue weighted by atomic mass is 35.5. The Hall–Kier alpha value is -2.61. The third kappa shape index (κ3) is 5.30. The Morgan fingerprint density at radius 1 is 1.23 bits per heavy atom. The summed E-state index contributed by atoms with van der Waals surface area (Å²) in [5, 5.41) is 17.8. The molecule has 1 amide bonds. The maximum atomic E-state index is 12.5. The second kappa shape index (κ2) is 9.93. The predicted octanol–water partition coefficient (Wildman–Crippen LogP) is 3.61. The molecule has 1 unspecified atom stereocenters. The van der Waals surface area contributed by atoms with Gasteiger partial charge in [-0.2, -0.15) is 0 Å². The summed E-state index contributed by atoms with van der Waals surface area (Å²) >= 11 is 12.5. The molecule has 30 heavy (non-hydrogen) atoms. The largest absolute Gasteiger partial charge is 0.491 e. The van der Waals surface area contributed by atoms with Crippen molar-refractivity contribution in [2.45, 2.75) is 26.4 Å². The van der Waals surface area contributed by atoms with Gasteiger partial charge in [0.2, 0.25) is 5.82 Å². The van der Waals surface area contributed by atoms with Crippen LogP contribution in [0.5, 0.6) is 5.75 Å². The van der Waals surface area contributed by atoms with Gasteiger partial charge in [0.05, 0.1) is 10.0 Å². The number of amides is 1. The van der Waals surface area contributed by atoms with Gasteiger partial charge in [0, 0.05) is 13.0 Å². The number of aliphatic hydroxyl groups is 1. The molecule has 0 spiro atoms. The molecule has 0 fully saturated rings. The van der Waals surface area contributed by atoms with Gasteiger partial charge < -0.3 is 15.2 Å². The molecular formula is C21H22Cl2N4O3. The van der Waals surface area contributed by atoms with E-state index >= 15 is 0 Å². The quantitative estimate of drug-likeness (QED) is 0.549. The molecule has 158 valence electrons. The van der Waals surface area contributed by atoms with Crippen molar-refractivity contribution in [1.82, 2.24) is 20.1 Å². The number of hydrogen-bond donors (Lipinski definition) is 2. The predicted molar refractivity (Wildman–Crippen MR) is 116 cm³/mol. The Morgan fingerprint density at radius 2 is 1.93 bits per heavy atom. The van der Waals surface area contributed by atoms with Gasteiger partial charge in [-0.15, -0.1) is 5.10 Å². The van der Waals surface area contributed by atoms with Crippen molar-refractivity contribution in [1.29, 1.82) is 0 Å². The highest BCUT2D eigenvalue weighted by Gasteiger charge is 2.20. The second-order valence-electron chi connectivity index (χ2n) is 6.68. The van der Waals surface area contributed by atoms with Crippen LogP contribution in [0.15, 0.2) is 42.5 Å². The van der Waals surface area contributed by atoms with Crippen LogP contribution in [0.25, 0.3) is 5.69 Å². The lowest BCUT2D eigenvalue weighted by atomic mass is 10.2. The molecule has 9 heteroatoms. The Bertz CT molecular complexity index is 1020. The second-order valence-corrected chi connectivity index (χ2v) is 7.49. The van der Waals surface area contributed by atoms with Gasteiger partial charge in [-0.25, -0.2) is 9.67 Å². The summed E-state index contributed by atoms with van der Waals surface area (Å²) < 4.78 is 7.01. The summed E-state index contributed by atoms with van der Waals surface area (Å²) in [6.07, 6.45) is -0.366. The fourth-order valence-electron chi connectivity index (χ4n) is 2.79. The number of halogens is 2. The third-order valence-electron chi connectivity index (χ3n) is 4.27. The molecule has 3 aromatic rings. The maximum absolute atomic E-state index is 12.5. The first-order valence-corrected chi connectivity index (χ1v) is 10.2. The van der Waals surface area contributed by atoms with Crippen LogP contribution in [0.1, 0.15) is 28.9 Å². The van der Waals surface area contributed by atoms with Crippen molar-refractivity contribution in [2.24, 2.45) is 0 Å². The van der Waals surface area contributed by atoms with E-state index in [2.05, 4.69) is 15.4 Å². The van der Waals surface area contributed by atoms with Crippen LogP contribution in [0.4, 0.5) is 0 Å². The molecule has 0 saturated heterocycles. The van der Waals surface area contributed by atoms with Gasteiger partial charge in [0.25, 0.3) is 5.91 Å². The summed E-state index contributed by atoms with van der Waals surface area (Å²) in [7, 11) is 0. The lowest BCUT2D eigenvalue weighted by Gasteiger charge is -2.13. The average Bonchev–Trinajstić information content (AvgIpc) is 3.14. The first kappa shape index (κ1) is 22.1. The van der Waals surface area contributed by atoms with E-state index in [9.17, 15) is 9.90 Å². The van der Waals surface area contributed by atoms with Crippen molar-refractivity contribution in [2.75, 3.05) is 13.2 Å². The molecule has 2 aromatic carbocycles. The number of aliphatic hydroxyl groups excluding tert-OH is 1. The van der Waals surface area contributed by atoms with E-state index in [1.807, 2.05) is 32.0 Å². The van der Waals surface area contributed by atoms with Crippen molar-refractivity contribution >= 4 is 29.1 Å². The molecule has 0 bridgehead atoms. The van der Waals surface area contributed by atoms with Crippen molar-refractivity contribution in [3.63, 3.8) is 0 Å². The van der Waals surface area contributed by atoms with Crippen LogP contribution in [-0.4, -0.2) is 45.0 Å². The summed E-state index contributed by atoms with van der Waals surface area (Å²) in [4.78, 5) is 16.8. The van der Waals surface area contributed by atoms with Crippen LogP contribution >= 0.6 is 23.2 Å². The molecule has 7 nitrogen and oxygen atoms in total. The SMILES string of the molecule is CCc1nc(C(=O)NCC(O)COc2cccc(C)c2)nn1-c1c(Cl)cccc1Cl. The zero-order valence-electron chi connectivity index (χ0n) is 16.6. The van der Waals surface area contributed by atoms with E-state index in [0.717, 1.165) is 5.56 Å². The van der Waals surface area contributed by atoms with Crippen LogP contribution in [0.2, 0.25) is 10.0 Å². The number of aromatic nitrogens is 3. The molecule has 0 radical (unpaired) electrons. The Labute approximate surface area is 184 Å². The van der Waals surface area contributed by atoms with E-state index in [-0.39, 0.29) is 19.0 Å². The Morgan fingerprint density at radius 3 is 2.60 bits per heavy atom.